The van der Waals surface area contributed by atoms with Gasteiger partial charge in [0.1, 0.15) is 28.3 Å². The van der Waals surface area contributed by atoms with Crippen molar-refractivity contribution in [3.63, 3.8) is 0 Å². The van der Waals surface area contributed by atoms with E-state index in [9.17, 15) is 24.3 Å². The lowest BCUT2D eigenvalue weighted by Crippen LogP contribution is -2.50. The number of phenolic OH excluding ortho intramolecular Hbond substituents is 1. The van der Waals surface area contributed by atoms with Crippen LogP contribution in [-0.4, -0.2) is 174 Å². The van der Waals surface area contributed by atoms with Gasteiger partial charge in [-0.25, -0.2) is 4.98 Å². The van der Waals surface area contributed by atoms with Crippen LogP contribution in [0.15, 0.2) is 34.8 Å². The Kier molecular flexibility index (Phi) is 35.0. The monoisotopic (exact) mass is 1100 g/mol. The minimum absolute atomic E-state index is 0.0282. The molecule has 7 atom stereocenters. The zero-order valence-corrected chi connectivity index (χ0v) is 48.7. The zero-order chi connectivity index (χ0) is 56.2. The summed E-state index contributed by atoms with van der Waals surface area (Å²) in [6.45, 7) is 21.8. The summed E-state index contributed by atoms with van der Waals surface area (Å²) in [5, 5.41) is 19.0. The number of ether oxygens (including phenoxy) is 7. The van der Waals surface area contributed by atoms with Crippen LogP contribution in [0.25, 0.3) is 10.4 Å². The number of rotatable bonds is 45. The van der Waals surface area contributed by atoms with Crippen LogP contribution in [0.2, 0.25) is 0 Å². The third-order valence-electron chi connectivity index (χ3n) is 14.0. The molecule has 1 aliphatic rings. The third-order valence-corrected chi connectivity index (χ3v) is 15.0. The number of carbonyl (C=O) groups is 4. The molecule has 0 spiro atoms. The summed E-state index contributed by atoms with van der Waals surface area (Å²) in [6, 6.07) is 6.11. The van der Waals surface area contributed by atoms with Crippen molar-refractivity contribution in [3.05, 3.63) is 56.4 Å². The number of aromatic nitrogens is 1. The number of likely N-dealkylation sites (N-methyl/N-ethyl adjacent to an activating group) is 1. The average Bonchev–Trinajstić information content (AvgIpc) is 3.92. The first kappa shape index (κ1) is 67.2. The lowest BCUT2D eigenvalue weighted by molar-refractivity contribution is -0.145. The van der Waals surface area contributed by atoms with Gasteiger partial charge in [-0.1, -0.05) is 78.6 Å². The molecule has 2 heterocycles. The van der Waals surface area contributed by atoms with Crippen molar-refractivity contribution in [1.82, 2.24) is 20.1 Å². The molecule has 0 radical (unpaired) electrons. The second kappa shape index (κ2) is 40.1. The van der Waals surface area contributed by atoms with E-state index < -0.39 is 18.1 Å². The predicted molar refractivity (Wildman–Crippen MR) is 299 cm³/mol. The molecule has 1 aliphatic heterocycles. The number of hydrogen-bond donors (Lipinski definition) is 2. The molecule has 2 aromatic rings. The third kappa shape index (κ3) is 26.6. The molecule has 0 saturated carbocycles. The van der Waals surface area contributed by atoms with Crippen LogP contribution < -0.4 is 5.32 Å². The Balaban J connectivity index is 1.53. The zero-order valence-electron chi connectivity index (χ0n) is 47.8. The number of ketones is 2. The number of aromatic hydroxyl groups is 1. The van der Waals surface area contributed by atoms with E-state index >= 15 is 0 Å². The van der Waals surface area contributed by atoms with Crippen LogP contribution in [0.5, 0.6) is 5.75 Å². The topological polar surface area (TPSA) is 233 Å². The van der Waals surface area contributed by atoms with Gasteiger partial charge >= 0.3 is 0 Å². The number of benzene rings is 1. The molecule has 0 bridgehead atoms. The first-order chi connectivity index (χ1) is 37.2. The van der Waals surface area contributed by atoms with E-state index in [1.165, 1.54) is 11.3 Å². The molecule has 2 amide bonds. The number of piperidine rings is 1. The fourth-order valence-corrected chi connectivity index (χ4v) is 10.3. The first-order valence-corrected chi connectivity index (χ1v) is 29.3. The van der Waals surface area contributed by atoms with E-state index in [1.54, 1.807) is 17.5 Å². The van der Waals surface area contributed by atoms with E-state index in [2.05, 4.69) is 54.9 Å². The Labute approximate surface area is 463 Å². The summed E-state index contributed by atoms with van der Waals surface area (Å²) in [5.74, 6) is -0.606. The molecule has 1 saturated heterocycles. The standard InChI is InChI=1S/C57H95N7O12S/c1-9-22-64(57(69)48(43(6)11-3)39-53(67)50-15-12-13-23-63(50)8)51(42(4)5)40-54(76-24-10-2)56-61-49(41-77-56)55(68)60-46(38-45-17-19-47(65)20-18-45)37-44(7)52(66)16-14-25-70-27-29-72-31-33-74-35-36-75-34-32-73-30-28-71-26-21-59-62-58/h17-20,41-44,46,48,50-51,54,65H,9-16,21-40H2,1-8H3,(H,60,68)/t43-,44-,46+,48-,50+,51+,54+/m0/s1. The highest BCUT2D eigenvalue weighted by Gasteiger charge is 2.38. The molecule has 77 heavy (non-hydrogen) atoms. The highest BCUT2D eigenvalue weighted by atomic mass is 32.1. The molecule has 20 heteroatoms. The number of likely N-dealkylation sites (tertiary alicyclic amines) is 1. The molecule has 3 rings (SSSR count). The van der Waals surface area contributed by atoms with Crippen molar-refractivity contribution in [2.24, 2.45) is 28.8 Å². The number of thiazole rings is 1. The lowest BCUT2D eigenvalue weighted by Gasteiger charge is -2.40. The normalized spacial score (nSPS) is 16.3. The van der Waals surface area contributed by atoms with Gasteiger partial charge in [-0.3, -0.25) is 24.1 Å². The summed E-state index contributed by atoms with van der Waals surface area (Å²) < 4.78 is 39.6. The summed E-state index contributed by atoms with van der Waals surface area (Å²) in [4.78, 5) is 68.0. The Morgan fingerprint density at radius 2 is 1.45 bits per heavy atom. The van der Waals surface area contributed by atoms with Gasteiger partial charge in [0, 0.05) is 79.8 Å². The van der Waals surface area contributed by atoms with Gasteiger partial charge in [0.2, 0.25) is 5.91 Å². The SMILES string of the molecule is CCCO[C@H](C[C@H](C(C)C)N(CCC)C(=O)[C@@H](CC(=O)[C@H]1CCCCN1C)[C@@H](C)CC)c1nc(C(=O)N[C@@H](Cc2ccc(O)cc2)C[C@H](C)C(=O)CCCOCCOCCOCCOCCOCCOCCN=[N+]=[N-])cs1. The summed E-state index contributed by atoms with van der Waals surface area (Å²) in [7, 11) is 2.02. The van der Waals surface area contributed by atoms with Gasteiger partial charge in [-0.2, -0.15) is 0 Å². The Hall–Kier alpha value is -4.08. The number of hydrogen-bond acceptors (Lipinski definition) is 16. The number of amides is 2. The number of nitrogens with zero attached hydrogens (tertiary/aromatic N) is 6. The largest absolute Gasteiger partial charge is 0.508 e. The van der Waals surface area contributed by atoms with Gasteiger partial charge in [-0.05, 0) is 93.6 Å². The molecule has 19 nitrogen and oxygen atoms in total. The highest BCUT2D eigenvalue weighted by molar-refractivity contribution is 7.09. The van der Waals surface area contributed by atoms with E-state index in [4.69, 9.17) is 43.7 Å². The minimum atomic E-state index is -0.473. The van der Waals surface area contributed by atoms with E-state index in [-0.39, 0.29) is 71.1 Å². The molecule has 1 aromatic heterocycles. The van der Waals surface area contributed by atoms with E-state index in [0.717, 1.165) is 50.6 Å². The highest BCUT2D eigenvalue weighted by Crippen LogP contribution is 2.34. The number of azide groups is 1. The molecule has 1 fully saturated rings. The van der Waals surface area contributed by atoms with E-state index in [1.807, 2.05) is 37.9 Å². The maximum Gasteiger partial charge on any atom is 0.270 e. The van der Waals surface area contributed by atoms with Crippen LogP contribution in [-0.2, 0) is 54.0 Å². The van der Waals surface area contributed by atoms with Crippen molar-refractivity contribution in [3.8, 4) is 5.75 Å². The average molecular weight is 1100 g/mol. The summed E-state index contributed by atoms with van der Waals surface area (Å²) in [6.07, 6.45) is 7.27. The van der Waals surface area contributed by atoms with Crippen LogP contribution in [0.3, 0.4) is 0 Å². The summed E-state index contributed by atoms with van der Waals surface area (Å²) in [5.41, 5.74) is 9.39. The Bertz CT molecular complexity index is 1990. The van der Waals surface area contributed by atoms with Gasteiger partial charge in [0.15, 0.2) is 5.78 Å². The fourth-order valence-electron chi connectivity index (χ4n) is 9.44. The van der Waals surface area contributed by atoms with Crippen molar-refractivity contribution in [2.75, 3.05) is 113 Å². The van der Waals surface area contributed by atoms with Crippen LogP contribution in [0.4, 0.5) is 0 Å². The van der Waals surface area contributed by atoms with Gasteiger partial charge < -0.3 is 48.5 Å². The van der Waals surface area contributed by atoms with Crippen LogP contribution >= 0.6 is 11.3 Å². The molecule has 0 unspecified atom stereocenters. The van der Waals surface area contributed by atoms with Crippen molar-refractivity contribution < 1.29 is 57.4 Å². The second-order valence-corrected chi connectivity index (χ2v) is 21.4. The van der Waals surface area contributed by atoms with Gasteiger partial charge in [0.25, 0.3) is 5.91 Å². The minimum Gasteiger partial charge on any atom is -0.508 e. The van der Waals surface area contributed by atoms with Crippen molar-refractivity contribution in [1.29, 1.82) is 0 Å². The quantitative estimate of drug-likeness (QED) is 0.0272. The van der Waals surface area contributed by atoms with Gasteiger partial charge in [-0.15, -0.1) is 11.3 Å². The molecular formula is C57H95N7O12S. The fraction of sp³-hybridized carbons (Fsp3) is 0.772. The lowest BCUT2D eigenvalue weighted by atomic mass is 9.82. The van der Waals surface area contributed by atoms with Crippen LogP contribution in [0.1, 0.15) is 146 Å². The predicted octanol–water partition coefficient (Wildman–Crippen LogP) is 9.20. The number of nitrogens with one attached hydrogen (secondary N) is 1. The first-order valence-electron chi connectivity index (χ1n) is 28.4. The maximum absolute atomic E-state index is 14.9. The number of Topliss-reactive ketones (excluding diaryl/α,β-unsaturated/α-hetero) is 2. The van der Waals surface area contributed by atoms with Gasteiger partial charge in [0.05, 0.1) is 78.7 Å². The van der Waals surface area contributed by atoms with Crippen molar-refractivity contribution >= 4 is 34.7 Å². The smallest absolute Gasteiger partial charge is 0.270 e. The second-order valence-electron chi connectivity index (χ2n) is 20.5. The molecule has 2 N–H and O–H groups in total. The Morgan fingerprint density at radius 3 is 2.01 bits per heavy atom. The summed E-state index contributed by atoms with van der Waals surface area (Å²) >= 11 is 1.37. The maximum atomic E-state index is 14.9. The van der Waals surface area contributed by atoms with Crippen molar-refractivity contribution in [2.45, 2.75) is 150 Å². The number of phenols is 1. The molecule has 1 aromatic carbocycles. The van der Waals surface area contributed by atoms with Crippen LogP contribution in [0, 0.1) is 23.7 Å². The molecule has 0 aliphatic carbocycles. The Morgan fingerprint density at radius 1 is 0.844 bits per heavy atom. The molecule has 436 valence electrons. The molecular weight excluding hydrogens is 1010 g/mol. The number of carbonyl (C=O) groups excluding carboxylic acids is 4. The van der Waals surface area contributed by atoms with E-state index in [0.29, 0.717) is 136 Å².